The van der Waals surface area contributed by atoms with Crippen molar-refractivity contribution in [3.63, 3.8) is 0 Å². The molecular weight excluding hydrogens is 422 g/mol. The Bertz CT molecular complexity index is 895. The molecule has 2 aliphatic rings. The summed E-state index contributed by atoms with van der Waals surface area (Å²) < 4.78 is 12.6. The van der Waals surface area contributed by atoms with Gasteiger partial charge in [-0.2, -0.15) is 0 Å². The minimum Gasteiger partial charge on any atom is -0.424 e. The van der Waals surface area contributed by atoms with E-state index in [1.807, 2.05) is 50.2 Å². The van der Waals surface area contributed by atoms with E-state index in [0.29, 0.717) is 6.42 Å². The van der Waals surface area contributed by atoms with Crippen molar-refractivity contribution in [1.82, 2.24) is 5.32 Å². The molecule has 31 heavy (non-hydrogen) atoms. The van der Waals surface area contributed by atoms with E-state index in [2.05, 4.69) is 50.4 Å². The van der Waals surface area contributed by atoms with Gasteiger partial charge in [0.25, 0.3) is 8.32 Å². The highest BCUT2D eigenvalue weighted by atomic mass is 32.1. The Balaban J connectivity index is 1.74. The Hall–Kier alpha value is -1.57. The molecule has 0 bridgehead atoms. The third-order valence-corrected chi connectivity index (χ3v) is 11.8. The number of fused-ring (bicyclic) bond motifs is 1. The summed E-state index contributed by atoms with van der Waals surface area (Å²) in [5.41, 5.74) is 0. The lowest BCUT2D eigenvalue weighted by molar-refractivity contribution is -0.149. The van der Waals surface area contributed by atoms with E-state index in [-0.39, 0.29) is 24.2 Å². The molecule has 2 saturated heterocycles. The molecule has 6 heteroatoms. The fourth-order valence-electron chi connectivity index (χ4n) is 5.29. The summed E-state index contributed by atoms with van der Waals surface area (Å²) in [5, 5.41) is 5.06. The van der Waals surface area contributed by atoms with Crippen molar-refractivity contribution in [2.75, 3.05) is 0 Å². The number of rotatable bonds is 5. The van der Waals surface area contributed by atoms with Crippen LogP contribution in [0.4, 0.5) is 0 Å². The lowest BCUT2D eigenvalue weighted by atomic mass is 9.83. The van der Waals surface area contributed by atoms with Crippen molar-refractivity contribution < 1.29 is 14.3 Å². The van der Waals surface area contributed by atoms with E-state index in [1.54, 1.807) is 0 Å². The maximum Gasteiger partial charge on any atom is 0.258 e. The molecule has 4 rings (SSSR count). The van der Waals surface area contributed by atoms with Crippen LogP contribution in [0.15, 0.2) is 60.7 Å². The van der Waals surface area contributed by atoms with Crippen LogP contribution in [0.5, 0.6) is 0 Å². The second kappa shape index (κ2) is 8.09. The van der Waals surface area contributed by atoms with E-state index in [1.165, 1.54) is 0 Å². The molecule has 0 radical (unpaired) electrons. The maximum absolute atomic E-state index is 12.5. The highest BCUT2D eigenvalue weighted by Crippen LogP contribution is 2.46. The van der Waals surface area contributed by atoms with Gasteiger partial charge in [-0.1, -0.05) is 86.7 Å². The average Bonchev–Trinajstić information content (AvgIpc) is 3.07. The van der Waals surface area contributed by atoms with Crippen LogP contribution in [-0.2, 0) is 9.47 Å². The summed E-state index contributed by atoms with van der Waals surface area (Å²) in [4.78, 5) is 13.3. The van der Waals surface area contributed by atoms with Crippen molar-refractivity contribution in [3.05, 3.63) is 60.7 Å². The smallest absolute Gasteiger partial charge is 0.258 e. The number of ether oxygens (including phenoxy) is 2. The zero-order valence-electron chi connectivity index (χ0n) is 19.0. The van der Waals surface area contributed by atoms with Gasteiger partial charge in [0, 0.05) is 5.92 Å². The number of hydrogen-bond acceptors (Lipinski definition) is 4. The van der Waals surface area contributed by atoms with Crippen LogP contribution >= 0.6 is 12.2 Å². The number of piperidine rings is 1. The van der Waals surface area contributed by atoms with E-state index in [4.69, 9.17) is 21.7 Å². The van der Waals surface area contributed by atoms with Gasteiger partial charge in [-0.25, -0.2) is 0 Å². The summed E-state index contributed by atoms with van der Waals surface area (Å²) in [7, 11) is -3.12. The number of nitrogens with one attached hydrogen (secondary N) is 1. The topological polar surface area (TPSA) is 50.7 Å². The minimum absolute atomic E-state index is 0.0283. The maximum atomic E-state index is 12.5. The molecule has 2 aromatic rings. The fraction of sp³-hybridized carbons (Fsp3) is 0.480. The molecule has 2 aliphatic heterocycles. The molecule has 2 N–H and O–H groups in total. The molecule has 4 nitrogen and oxygen atoms in total. The minimum atomic E-state index is -3.12. The highest BCUT2D eigenvalue weighted by Gasteiger charge is 2.56. The van der Waals surface area contributed by atoms with Crippen LogP contribution in [0.1, 0.15) is 41.0 Å². The third-order valence-electron chi connectivity index (χ3n) is 6.85. The molecule has 0 aliphatic carbocycles. The van der Waals surface area contributed by atoms with Gasteiger partial charge in [-0.15, -0.1) is 0 Å². The predicted molar refractivity (Wildman–Crippen MR) is 131 cm³/mol. The lowest BCUT2D eigenvalue weighted by Gasteiger charge is -2.46. The predicted octanol–water partition coefficient (Wildman–Crippen LogP) is 3.36. The first-order valence-corrected chi connectivity index (χ1v) is 13.4. The van der Waals surface area contributed by atoms with Crippen molar-refractivity contribution in [2.24, 2.45) is 5.92 Å². The van der Waals surface area contributed by atoms with Crippen LogP contribution in [0, 0.1) is 5.92 Å². The van der Waals surface area contributed by atoms with Gasteiger partial charge < -0.3 is 19.6 Å². The second-order valence-corrected chi connectivity index (χ2v) is 14.4. The molecule has 166 valence electrons. The SMILES string of the molecule is C[C@@H]1NC(=S)[C@@H](CC(C)(C)[Si](O)(c2ccccc2)c2ccccc2)[C@@H]2OC(C)(C)O[C@@H]21. The first-order valence-electron chi connectivity index (χ1n) is 11.0. The highest BCUT2D eigenvalue weighted by molar-refractivity contribution is 7.80. The van der Waals surface area contributed by atoms with Crippen LogP contribution in [0.3, 0.4) is 0 Å². The van der Waals surface area contributed by atoms with Crippen molar-refractivity contribution in [2.45, 2.75) is 70.1 Å². The molecule has 2 heterocycles. The van der Waals surface area contributed by atoms with Gasteiger partial charge in [-0.3, -0.25) is 0 Å². The van der Waals surface area contributed by atoms with Gasteiger partial charge in [0.15, 0.2) is 5.79 Å². The molecule has 0 amide bonds. The average molecular weight is 456 g/mol. The van der Waals surface area contributed by atoms with Crippen molar-refractivity contribution in [3.8, 4) is 0 Å². The largest absolute Gasteiger partial charge is 0.424 e. The zero-order chi connectivity index (χ0) is 22.4. The summed E-state index contributed by atoms with van der Waals surface area (Å²) in [5.74, 6) is -0.667. The van der Waals surface area contributed by atoms with Crippen molar-refractivity contribution in [1.29, 1.82) is 0 Å². The molecule has 0 saturated carbocycles. The molecule has 2 fully saturated rings. The van der Waals surface area contributed by atoms with E-state index < -0.39 is 19.1 Å². The summed E-state index contributed by atoms with van der Waals surface area (Å²) in [6.07, 6.45) is 0.520. The normalized spacial score (nSPS) is 28.1. The first kappa shape index (κ1) is 22.6. The van der Waals surface area contributed by atoms with Crippen LogP contribution < -0.4 is 15.7 Å². The molecular formula is C25H33NO3SSi. The van der Waals surface area contributed by atoms with Gasteiger partial charge >= 0.3 is 0 Å². The Morgan fingerprint density at radius 2 is 1.45 bits per heavy atom. The van der Waals surface area contributed by atoms with Crippen LogP contribution in [0.2, 0.25) is 5.04 Å². The molecule has 0 unspecified atom stereocenters. The lowest BCUT2D eigenvalue weighted by Crippen LogP contribution is -2.67. The van der Waals surface area contributed by atoms with E-state index in [0.717, 1.165) is 15.4 Å². The van der Waals surface area contributed by atoms with Gasteiger partial charge in [-0.05, 0) is 42.6 Å². The first-order chi connectivity index (χ1) is 14.6. The summed E-state index contributed by atoms with van der Waals surface area (Å²) in [6, 6.07) is 20.3. The molecule has 0 aromatic heterocycles. The monoisotopic (exact) mass is 455 g/mol. The number of hydrogen-bond donors (Lipinski definition) is 2. The Kier molecular flexibility index (Phi) is 5.90. The van der Waals surface area contributed by atoms with E-state index >= 15 is 0 Å². The second-order valence-electron chi connectivity index (χ2n) is 10.00. The Morgan fingerprint density at radius 3 is 1.97 bits per heavy atom. The fourth-order valence-corrected chi connectivity index (χ4v) is 9.46. The molecule has 4 atom stereocenters. The molecule has 2 aromatic carbocycles. The molecule has 0 spiro atoms. The van der Waals surface area contributed by atoms with Crippen LogP contribution in [0.25, 0.3) is 0 Å². The van der Waals surface area contributed by atoms with Crippen LogP contribution in [-0.4, -0.2) is 42.1 Å². The third kappa shape index (κ3) is 4.00. The Labute approximate surface area is 192 Å². The van der Waals surface area contributed by atoms with Gasteiger partial charge in [0.2, 0.25) is 0 Å². The summed E-state index contributed by atoms with van der Waals surface area (Å²) in [6.45, 7) is 10.4. The van der Waals surface area contributed by atoms with Gasteiger partial charge in [0.05, 0.1) is 17.1 Å². The van der Waals surface area contributed by atoms with Gasteiger partial charge in [0.1, 0.15) is 6.10 Å². The zero-order valence-corrected chi connectivity index (χ0v) is 20.8. The standard InChI is InChI=1S/C25H33NO3SSi/c1-17-21-22(29-25(4,5)28-21)20(23(30)26-17)16-24(2,3)31(27,18-12-8-6-9-13-18)19-14-10-7-11-15-19/h6-15,17,20-22,27H,16H2,1-5H3,(H,26,30)/t17-,20-,21+,22-/m0/s1. The Morgan fingerprint density at radius 1 is 0.968 bits per heavy atom. The number of thiocarbonyl (C=S) groups is 1. The number of benzene rings is 2. The summed E-state index contributed by atoms with van der Waals surface area (Å²) >= 11 is 5.81. The van der Waals surface area contributed by atoms with E-state index in [9.17, 15) is 4.80 Å². The quantitative estimate of drug-likeness (QED) is 0.535. The van der Waals surface area contributed by atoms with Crippen molar-refractivity contribution >= 4 is 35.9 Å².